The Balaban J connectivity index is 2.17. The molecule has 3 N–H and O–H groups in total. The molecule has 4 unspecified atom stereocenters. The monoisotopic (exact) mass is 374 g/mol. The van der Waals surface area contributed by atoms with Gasteiger partial charge >= 0.3 is 6.09 Å². The number of anilines is 1. The zero-order chi connectivity index (χ0) is 20.0. The van der Waals surface area contributed by atoms with Gasteiger partial charge in [-0.2, -0.15) is 5.26 Å². The van der Waals surface area contributed by atoms with Crippen LogP contribution in [0.3, 0.4) is 0 Å². The standard InChI is InChI=1S/C20H30N4O3/c1-13-10-14(15-6-8-23-12-16(15)22)11-17(18(13)26-9-5-7-21)24-19(25)27-20(2,3)4/h6,8,12-14,17-18H,5,9-11,22H2,1-4H3,(H,24,25). The molecule has 0 aliphatic heterocycles. The van der Waals surface area contributed by atoms with E-state index in [0.29, 0.717) is 25.1 Å². The molecule has 1 aliphatic carbocycles. The summed E-state index contributed by atoms with van der Waals surface area (Å²) in [5.74, 6) is 0.383. The van der Waals surface area contributed by atoms with Crippen LogP contribution in [0.25, 0.3) is 0 Å². The van der Waals surface area contributed by atoms with Crippen molar-refractivity contribution in [2.24, 2.45) is 5.92 Å². The lowest BCUT2D eigenvalue weighted by Crippen LogP contribution is -2.52. The number of nitrogens with one attached hydrogen (secondary N) is 1. The lowest BCUT2D eigenvalue weighted by atomic mass is 9.74. The number of amides is 1. The third kappa shape index (κ3) is 6.10. The molecule has 1 saturated carbocycles. The number of pyridine rings is 1. The fraction of sp³-hybridized carbons (Fsp3) is 0.650. The highest BCUT2D eigenvalue weighted by Crippen LogP contribution is 2.39. The number of nitriles is 1. The SMILES string of the molecule is CC1CC(c2ccncc2N)CC(NC(=O)OC(C)(C)C)C1OCCC#N. The minimum Gasteiger partial charge on any atom is -0.444 e. The molecule has 0 radical (unpaired) electrons. The summed E-state index contributed by atoms with van der Waals surface area (Å²) < 4.78 is 11.4. The Labute approximate surface area is 161 Å². The third-order valence-corrected chi connectivity index (χ3v) is 4.71. The molecule has 2 rings (SSSR count). The van der Waals surface area contributed by atoms with Gasteiger partial charge < -0.3 is 20.5 Å². The molecule has 1 aliphatic rings. The maximum absolute atomic E-state index is 12.3. The summed E-state index contributed by atoms with van der Waals surface area (Å²) in [6.07, 6.45) is 4.66. The molecule has 7 heteroatoms. The lowest BCUT2D eigenvalue weighted by Gasteiger charge is -2.41. The maximum atomic E-state index is 12.3. The van der Waals surface area contributed by atoms with Crippen molar-refractivity contribution in [1.82, 2.24) is 10.3 Å². The van der Waals surface area contributed by atoms with Crippen molar-refractivity contribution in [3.05, 3.63) is 24.0 Å². The van der Waals surface area contributed by atoms with Gasteiger partial charge in [0.25, 0.3) is 0 Å². The number of carbonyl (C=O) groups is 1. The lowest BCUT2D eigenvalue weighted by molar-refractivity contribution is -0.0326. The van der Waals surface area contributed by atoms with E-state index in [4.69, 9.17) is 20.5 Å². The Kier molecular flexibility index (Phi) is 7.03. The number of rotatable bonds is 5. The van der Waals surface area contributed by atoms with Crippen LogP contribution >= 0.6 is 0 Å². The molecule has 1 heterocycles. The van der Waals surface area contributed by atoms with E-state index >= 15 is 0 Å². The number of alkyl carbamates (subject to hydrolysis) is 1. The predicted molar refractivity (Wildman–Crippen MR) is 103 cm³/mol. The van der Waals surface area contributed by atoms with Crippen molar-refractivity contribution in [3.8, 4) is 6.07 Å². The zero-order valence-electron chi connectivity index (χ0n) is 16.6. The topological polar surface area (TPSA) is 110 Å². The van der Waals surface area contributed by atoms with Crippen molar-refractivity contribution < 1.29 is 14.3 Å². The van der Waals surface area contributed by atoms with Gasteiger partial charge in [-0.25, -0.2) is 4.79 Å². The van der Waals surface area contributed by atoms with Crippen molar-refractivity contribution >= 4 is 11.8 Å². The molecule has 7 nitrogen and oxygen atoms in total. The second-order valence-electron chi connectivity index (χ2n) is 8.15. The van der Waals surface area contributed by atoms with E-state index in [1.165, 1.54) is 0 Å². The second-order valence-corrected chi connectivity index (χ2v) is 8.15. The molecule has 4 atom stereocenters. The van der Waals surface area contributed by atoms with Crippen molar-refractivity contribution in [3.63, 3.8) is 0 Å². The first-order valence-corrected chi connectivity index (χ1v) is 9.38. The first-order chi connectivity index (χ1) is 12.7. The Hall–Kier alpha value is -2.33. The largest absolute Gasteiger partial charge is 0.444 e. The molecule has 1 aromatic heterocycles. The van der Waals surface area contributed by atoms with Gasteiger partial charge in [0.1, 0.15) is 5.60 Å². The van der Waals surface area contributed by atoms with Crippen LogP contribution in [0.15, 0.2) is 18.5 Å². The van der Waals surface area contributed by atoms with E-state index < -0.39 is 11.7 Å². The smallest absolute Gasteiger partial charge is 0.407 e. The Morgan fingerprint density at radius 3 is 2.81 bits per heavy atom. The van der Waals surface area contributed by atoms with Crippen LogP contribution in [0.1, 0.15) is 58.4 Å². The molecular weight excluding hydrogens is 344 g/mol. The van der Waals surface area contributed by atoms with E-state index in [9.17, 15) is 4.79 Å². The number of aromatic nitrogens is 1. The Morgan fingerprint density at radius 1 is 1.44 bits per heavy atom. The quantitative estimate of drug-likeness (QED) is 0.765. The average molecular weight is 374 g/mol. The number of nitrogens with zero attached hydrogens (tertiary/aromatic N) is 2. The van der Waals surface area contributed by atoms with E-state index in [1.807, 2.05) is 26.8 Å². The molecule has 148 valence electrons. The Morgan fingerprint density at radius 2 is 2.19 bits per heavy atom. The molecule has 0 spiro atoms. The summed E-state index contributed by atoms with van der Waals surface area (Å²) in [5, 5.41) is 11.8. The van der Waals surface area contributed by atoms with Crippen molar-refractivity contribution in [2.75, 3.05) is 12.3 Å². The van der Waals surface area contributed by atoms with Crippen molar-refractivity contribution in [2.45, 2.75) is 70.6 Å². The highest BCUT2D eigenvalue weighted by molar-refractivity contribution is 5.68. The van der Waals surface area contributed by atoms with Gasteiger partial charge in [0, 0.05) is 6.20 Å². The molecule has 0 saturated heterocycles. The number of hydrogen-bond donors (Lipinski definition) is 2. The number of nitrogen functional groups attached to an aromatic ring is 1. The molecule has 27 heavy (non-hydrogen) atoms. The Bertz CT molecular complexity index is 681. The van der Waals surface area contributed by atoms with Crippen LogP contribution in [0.5, 0.6) is 0 Å². The van der Waals surface area contributed by atoms with Crippen LogP contribution < -0.4 is 11.1 Å². The third-order valence-electron chi connectivity index (χ3n) is 4.71. The number of carbonyl (C=O) groups excluding carboxylic acids is 1. The molecule has 0 aromatic carbocycles. The van der Waals surface area contributed by atoms with Crippen LogP contribution in [-0.4, -0.2) is 35.4 Å². The van der Waals surface area contributed by atoms with Crippen LogP contribution in [0.2, 0.25) is 0 Å². The van der Waals surface area contributed by atoms with E-state index in [0.717, 1.165) is 12.0 Å². The first kappa shape index (κ1) is 21.0. The molecule has 1 fully saturated rings. The van der Waals surface area contributed by atoms with Gasteiger partial charge in [-0.15, -0.1) is 0 Å². The van der Waals surface area contributed by atoms with E-state index in [2.05, 4.69) is 23.3 Å². The number of nitrogens with two attached hydrogens (primary N) is 1. The fourth-order valence-corrected chi connectivity index (χ4v) is 3.68. The summed E-state index contributed by atoms with van der Waals surface area (Å²) in [6, 6.07) is 3.81. The minimum atomic E-state index is -0.573. The van der Waals surface area contributed by atoms with Crippen LogP contribution in [0.4, 0.5) is 10.5 Å². The summed E-state index contributed by atoms with van der Waals surface area (Å²) >= 11 is 0. The summed E-state index contributed by atoms with van der Waals surface area (Å²) in [4.78, 5) is 16.4. The second kappa shape index (κ2) is 9.05. The predicted octanol–water partition coefficient (Wildman–Crippen LogP) is 3.37. The van der Waals surface area contributed by atoms with Gasteiger partial charge in [-0.05, 0) is 57.1 Å². The van der Waals surface area contributed by atoms with E-state index in [1.54, 1.807) is 12.4 Å². The molecule has 1 amide bonds. The average Bonchev–Trinajstić information content (AvgIpc) is 2.55. The fourth-order valence-electron chi connectivity index (χ4n) is 3.68. The highest BCUT2D eigenvalue weighted by atomic mass is 16.6. The normalized spacial score (nSPS) is 25.4. The van der Waals surface area contributed by atoms with Gasteiger partial charge in [-0.1, -0.05) is 6.92 Å². The molecule has 1 aromatic rings. The van der Waals surface area contributed by atoms with Crippen LogP contribution in [-0.2, 0) is 9.47 Å². The maximum Gasteiger partial charge on any atom is 0.407 e. The zero-order valence-corrected chi connectivity index (χ0v) is 16.6. The summed E-state index contributed by atoms with van der Waals surface area (Å²) in [7, 11) is 0. The minimum absolute atomic E-state index is 0.176. The van der Waals surface area contributed by atoms with Gasteiger partial charge in [0.15, 0.2) is 0 Å². The highest BCUT2D eigenvalue weighted by Gasteiger charge is 2.39. The van der Waals surface area contributed by atoms with Gasteiger partial charge in [0.2, 0.25) is 0 Å². The van der Waals surface area contributed by atoms with Crippen molar-refractivity contribution in [1.29, 1.82) is 5.26 Å². The first-order valence-electron chi connectivity index (χ1n) is 9.38. The van der Waals surface area contributed by atoms with Gasteiger partial charge in [0.05, 0.1) is 43.1 Å². The van der Waals surface area contributed by atoms with Gasteiger partial charge in [-0.3, -0.25) is 4.98 Å². The van der Waals surface area contributed by atoms with Crippen LogP contribution in [0, 0.1) is 17.2 Å². The molecule has 0 bridgehead atoms. The summed E-state index contributed by atoms with van der Waals surface area (Å²) in [6.45, 7) is 7.94. The number of ether oxygens (including phenoxy) is 2. The number of hydrogen-bond acceptors (Lipinski definition) is 6. The molecular formula is C20H30N4O3. The summed E-state index contributed by atoms with van der Waals surface area (Å²) in [5.41, 5.74) is 7.25. The van der Waals surface area contributed by atoms with E-state index in [-0.39, 0.29) is 24.0 Å².